The molecule has 2 aromatic rings. The first-order valence-electron chi connectivity index (χ1n) is 9.98. The molecular weight excluding hydrogens is 382 g/mol. The molecule has 0 aromatic heterocycles. The van der Waals surface area contributed by atoms with E-state index in [9.17, 15) is 14.4 Å². The molecule has 0 spiro atoms. The van der Waals surface area contributed by atoms with Gasteiger partial charge in [0.15, 0.2) is 5.78 Å². The van der Waals surface area contributed by atoms with Crippen LogP contribution in [0, 0.1) is 0 Å². The number of carbonyl (C=O) groups is 3. The lowest BCUT2D eigenvalue weighted by Gasteiger charge is -2.18. The van der Waals surface area contributed by atoms with Crippen LogP contribution in [0.4, 0.5) is 4.79 Å². The Balaban J connectivity index is 1.66. The molecule has 0 saturated carbocycles. The summed E-state index contributed by atoms with van der Waals surface area (Å²) >= 11 is 0. The molecular formula is C24H25NO5. The van der Waals surface area contributed by atoms with Gasteiger partial charge in [0.1, 0.15) is 6.61 Å². The maximum Gasteiger partial charge on any atom is 0.407 e. The van der Waals surface area contributed by atoms with Crippen LogP contribution < -0.4 is 5.32 Å². The zero-order valence-electron chi connectivity index (χ0n) is 16.7. The van der Waals surface area contributed by atoms with Crippen molar-refractivity contribution >= 4 is 17.8 Å². The summed E-state index contributed by atoms with van der Waals surface area (Å²) < 4.78 is 5.46. The lowest BCUT2D eigenvalue weighted by molar-refractivity contribution is -0.137. The molecule has 0 fully saturated rings. The summed E-state index contributed by atoms with van der Waals surface area (Å²) in [5.41, 5.74) is 4.44. The minimum Gasteiger partial charge on any atom is -0.481 e. The number of ether oxygens (including phenoxy) is 1. The quantitative estimate of drug-likeness (QED) is 0.573. The number of amides is 1. The van der Waals surface area contributed by atoms with E-state index in [0.717, 1.165) is 22.3 Å². The van der Waals surface area contributed by atoms with Crippen LogP contribution in [0.1, 0.15) is 42.7 Å². The molecule has 30 heavy (non-hydrogen) atoms. The molecule has 3 rings (SSSR count). The van der Waals surface area contributed by atoms with E-state index in [1.54, 1.807) is 6.08 Å². The Kier molecular flexibility index (Phi) is 7.01. The van der Waals surface area contributed by atoms with Gasteiger partial charge in [-0.1, -0.05) is 54.6 Å². The summed E-state index contributed by atoms with van der Waals surface area (Å²) in [6, 6.07) is 15.1. The first-order valence-corrected chi connectivity index (χ1v) is 9.98. The highest BCUT2D eigenvalue weighted by molar-refractivity contribution is 5.88. The number of hydrogen-bond donors (Lipinski definition) is 2. The highest BCUT2D eigenvalue weighted by Crippen LogP contribution is 2.44. The molecule has 0 bridgehead atoms. The fraction of sp³-hybridized carbons (Fsp3) is 0.292. The molecule has 6 nitrogen and oxygen atoms in total. The lowest BCUT2D eigenvalue weighted by atomic mass is 9.98. The monoisotopic (exact) mass is 407 g/mol. The summed E-state index contributed by atoms with van der Waals surface area (Å²) in [5, 5.41) is 11.5. The summed E-state index contributed by atoms with van der Waals surface area (Å²) in [7, 11) is 0. The predicted molar refractivity (Wildman–Crippen MR) is 113 cm³/mol. The van der Waals surface area contributed by atoms with E-state index >= 15 is 0 Å². The van der Waals surface area contributed by atoms with E-state index in [-0.39, 0.29) is 37.6 Å². The van der Waals surface area contributed by atoms with Crippen LogP contribution in [0.3, 0.4) is 0 Å². The van der Waals surface area contributed by atoms with Gasteiger partial charge in [-0.15, -0.1) is 6.58 Å². The van der Waals surface area contributed by atoms with Crippen molar-refractivity contribution in [2.45, 2.75) is 37.6 Å². The van der Waals surface area contributed by atoms with Crippen molar-refractivity contribution < 1.29 is 24.2 Å². The maximum atomic E-state index is 12.4. The normalized spacial score (nSPS) is 13.1. The molecule has 2 N–H and O–H groups in total. The number of Topliss-reactive ketones (excluding diaryl/α,β-unsaturated/α-hetero) is 1. The molecule has 0 saturated heterocycles. The topological polar surface area (TPSA) is 92.7 Å². The number of aliphatic carboxylic acids is 1. The number of carbonyl (C=O) groups excluding carboxylic acids is 2. The minimum atomic E-state index is -1.02. The standard InChI is InChI=1S/C24H25NO5/c1-2-3-12-22(26)21(13-14-23(27)28)25-24(29)30-15-20-18-10-6-4-8-16(18)17-9-5-7-11-19(17)20/h2,4-11,20-21H,1,3,12-15H2,(H,25,29)(H,27,28)/t21-/m0/s1. The number of rotatable bonds is 10. The SMILES string of the molecule is C=CCCC(=O)[C@H](CCC(=O)O)NC(=O)OCC1c2ccccc2-c2ccccc21. The number of fused-ring (bicyclic) bond motifs is 3. The highest BCUT2D eigenvalue weighted by Gasteiger charge is 2.29. The third kappa shape index (κ3) is 4.95. The maximum absolute atomic E-state index is 12.4. The summed E-state index contributed by atoms with van der Waals surface area (Å²) in [5.74, 6) is -1.34. The van der Waals surface area contributed by atoms with Crippen molar-refractivity contribution in [1.82, 2.24) is 5.32 Å². The van der Waals surface area contributed by atoms with Gasteiger partial charge in [0.05, 0.1) is 6.04 Å². The molecule has 156 valence electrons. The second-order valence-corrected chi connectivity index (χ2v) is 7.25. The van der Waals surface area contributed by atoms with Crippen LogP contribution >= 0.6 is 0 Å². The van der Waals surface area contributed by atoms with E-state index in [1.807, 2.05) is 36.4 Å². The van der Waals surface area contributed by atoms with Crippen LogP contribution in [0.25, 0.3) is 11.1 Å². The fourth-order valence-electron chi connectivity index (χ4n) is 3.78. The van der Waals surface area contributed by atoms with Gasteiger partial charge >= 0.3 is 12.1 Å². The van der Waals surface area contributed by atoms with Crippen LogP contribution in [-0.2, 0) is 14.3 Å². The summed E-state index contributed by atoms with van der Waals surface area (Å²) in [4.78, 5) is 35.6. The number of carboxylic acids is 1. The van der Waals surface area contributed by atoms with Gasteiger partial charge in [-0.05, 0) is 35.1 Å². The molecule has 0 aliphatic heterocycles. The molecule has 0 radical (unpaired) electrons. The number of nitrogens with one attached hydrogen (secondary N) is 1. The number of carboxylic acid groups (broad SMARTS) is 1. The molecule has 1 atom stereocenters. The van der Waals surface area contributed by atoms with Gasteiger partial charge in [0, 0.05) is 18.8 Å². The second kappa shape index (κ2) is 9.87. The van der Waals surface area contributed by atoms with E-state index < -0.39 is 18.1 Å². The Morgan fingerprint density at radius 3 is 2.20 bits per heavy atom. The van der Waals surface area contributed by atoms with E-state index in [2.05, 4.69) is 24.0 Å². The van der Waals surface area contributed by atoms with Crippen molar-refractivity contribution in [2.24, 2.45) is 0 Å². The number of alkyl carbamates (subject to hydrolysis) is 1. The van der Waals surface area contributed by atoms with Gasteiger partial charge in [-0.2, -0.15) is 0 Å². The Morgan fingerprint density at radius 2 is 1.63 bits per heavy atom. The van der Waals surface area contributed by atoms with Gasteiger partial charge in [-0.25, -0.2) is 4.79 Å². The number of ketones is 1. The van der Waals surface area contributed by atoms with E-state index in [4.69, 9.17) is 9.84 Å². The van der Waals surface area contributed by atoms with Crippen LogP contribution in [0.15, 0.2) is 61.2 Å². The molecule has 0 unspecified atom stereocenters. The third-order valence-electron chi connectivity index (χ3n) is 5.27. The van der Waals surface area contributed by atoms with Gasteiger partial charge in [-0.3, -0.25) is 9.59 Å². The molecule has 2 aromatic carbocycles. The van der Waals surface area contributed by atoms with Gasteiger partial charge < -0.3 is 15.2 Å². The first-order chi connectivity index (χ1) is 14.5. The molecule has 0 heterocycles. The van der Waals surface area contributed by atoms with Crippen molar-refractivity contribution in [3.8, 4) is 11.1 Å². The van der Waals surface area contributed by atoms with Crippen molar-refractivity contribution in [2.75, 3.05) is 6.61 Å². The Hall–Kier alpha value is -3.41. The van der Waals surface area contributed by atoms with Crippen LogP contribution in [-0.4, -0.2) is 35.6 Å². The van der Waals surface area contributed by atoms with Crippen LogP contribution in [0.5, 0.6) is 0 Å². The Morgan fingerprint density at radius 1 is 1.03 bits per heavy atom. The smallest absolute Gasteiger partial charge is 0.407 e. The zero-order chi connectivity index (χ0) is 21.5. The molecule has 1 aliphatic rings. The first kappa shape index (κ1) is 21.3. The van der Waals surface area contributed by atoms with E-state index in [0.29, 0.717) is 6.42 Å². The third-order valence-corrected chi connectivity index (χ3v) is 5.27. The fourth-order valence-corrected chi connectivity index (χ4v) is 3.78. The molecule has 1 aliphatic carbocycles. The molecule has 1 amide bonds. The predicted octanol–water partition coefficient (Wildman–Crippen LogP) is 4.29. The number of allylic oxidation sites excluding steroid dienone is 1. The van der Waals surface area contributed by atoms with Crippen molar-refractivity contribution in [3.63, 3.8) is 0 Å². The molecule has 6 heteroatoms. The highest BCUT2D eigenvalue weighted by atomic mass is 16.5. The van der Waals surface area contributed by atoms with Crippen molar-refractivity contribution in [3.05, 3.63) is 72.3 Å². The van der Waals surface area contributed by atoms with Crippen molar-refractivity contribution in [1.29, 1.82) is 0 Å². The minimum absolute atomic E-state index is 0.0233. The second-order valence-electron chi connectivity index (χ2n) is 7.25. The average Bonchev–Trinajstić information content (AvgIpc) is 3.07. The van der Waals surface area contributed by atoms with Gasteiger partial charge in [0.25, 0.3) is 0 Å². The Bertz CT molecular complexity index is 907. The lowest BCUT2D eigenvalue weighted by Crippen LogP contribution is -2.41. The largest absolute Gasteiger partial charge is 0.481 e. The summed E-state index contributed by atoms with van der Waals surface area (Å²) in [6.07, 6.45) is 1.36. The van der Waals surface area contributed by atoms with Gasteiger partial charge in [0.2, 0.25) is 0 Å². The number of benzene rings is 2. The number of hydrogen-bond acceptors (Lipinski definition) is 4. The van der Waals surface area contributed by atoms with E-state index in [1.165, 1.54) is 0 Å². The van der Waals surface area contributed by atoms with Crippen LogP contribution in [0.2, 0.25) is 0 Å². The summed E-state index contributed by atoms with van der Waals surface area (Å²) in [6.45, 7) is 3.71. The zero-order valence-corrected chi connectivity index (χ0v) is 16.7. The Labute approximate surface area is 175 Å². The average molecular weight is 407 g/mol.